The van der Waals surface area contributed by atoms with Crippen LogP contribution in [0.25, 0.3) is 0 Å². The van der Waals surface area contributed by atoms with Gasteiger partial charge in [-0.3, -0.25) is 19.1 Å². The molecule has 0 saturated heterocycles. The average molecular weight is 302 g/mol. The minimum absolute atomic E-state index is 0.0460. The molecule has 0 aromatic carbocycles. The third kappa shape index (κ3) is 2.89. The first-order chi connectivity index (χ1) is 10.6. The van der Waals surface area contributed by atoms with E-state index in [0.29, 0.717) is 6.42 Å². The molecule has 1 aliphatic rings. The number of carbonyl (C=O) groups is 1. The topological polar surface area (TPSA) is 68.0 Å². The van der Waals surface area contributed by atoms with Gasteiger partial charge in [0.2, 0.25) is 5.91 Å². The van der Waals surface area contributed by atoms with Gasteiger partial charge in [0.05, 0.1) is 29.5 Å². The molecule has 0 aliphatic carbocycles. The molecule has 7 heteroatoms. The predicted molar refractivity (Wildman–Crippen MR) is 82.0 cm³/mol. The number of hydrogen-bond donors (Lipinski definition) is 1. The number of amides is 1. The lowest BCUT2D eigenvalue weighted by molar-refractivity contribution is -0.121. The van der Waals surface area contributed by atoms with Crippen molar-refractivity contribution in [2.45, 2.75) is 32.5 Å². The van der Waals surface area contributed by atoms with Crippen LogP contribution >= 0.6 is 0 Å². The Morgan fingerprint density at radius 1 is 1.50 bits per heavy atom. The monoisotopic (exact) mass is 302 g/mol. The zero-order valence-electron chi connectivity index (χ0n) is 13.3. The minimum atomic E-state index is 0.0460. The average Bonchev–Trinajstić information content (AvgIpc) is 3.05. The SMILES string of the molecule is CNC(=O)C[C@@H]1CN(Cc2cc(C)nn2C)Cc2ccnn21. The first-order valence-corrected chi connectivity index (χ1v) is 7.51. The maximum absolute atomic E-state index is 11.7. The van der Waals surface area contributed by atoms with Gasteiger partial charge < -0.3 is 5.32 Å². The van der Waals surface area contributed by atoms with E-state index in [0.717, 1.165) is 31.0 Å². The Bertz CT molecular complexity index is 673. The molecule has 2 aromatic heterocycles. The van der Waals surface area contributed by atoms with E-state index in [2.05, 4.69) is 26.5 Å². The molecule has 1 atom stereocenters. The highest BCUT2D eigenvalue weighted by Crippen LogP contribution is 2.24. The van der Waals surface area contributed by atoms with Crippen molar-refractivity contribution in [3.8, 4) is 0 Å². The highest BCUT2D eigenvalue weighted by Gasteiger charge is 2.27. The van der Waals surface area contributed by atoms with Gasteiger partial charge in [-0.25, -0.2) is 0 Å². The third-order valence-electron chi connectivity index (χ3n) is 4.14. The van der Waals surface area contributed by atoms with Crippen molar-refractivity contribution >= 4 is 5.91 Å². The molecule has 0 fully saturated rings. The van der Waals surface area contributed by atoms with Gasteiger partial charge in [-0.2, -0.15) is 10.2 Å². The fraction of sp³-hybridized carbons (Fsp3) is 0.533. The Morgan fingerprint density at radius 3 is 3.00 bits per heavy atom. The van der Waals surface area contributed by atoms with E-state index in [9.17, 15) is 4.79 Å². The molecule has 0 saturated carbocycles. The highest BCUT2D eigenvalue weighted by molar-refractivity contribution is 5.76. The van der Waals surface area contributed by atoms with E-state index in [4.69, 9.17) is 0 Å². The number of nitrogens with zero attached hydrogens (tertiary/aromatic N) is 5. The van der Waals surface area contributed by atoms with Gasteiger partial charge in [0.15, 0.2) is 0 Å². The summed E-state index contributed by atoms with van der Waals surface area (Å²) in [6.45, 7) is 4.48. The first kappa shape index (κ1) is 14.8. The van der Waals surface area contributed by atoms with Gasteiger partial charge >= 0.3 is 0 Å². The fourth-order valence-corrected chi connectivity index (χ4v) is 3.09. The van der Waals surface area contributed by atoms with Crippen LogP contribution in [0.15, 0.2) is 18.3 Å². The molecule has 2 aromatic rings. The summed E-state index contributed by atoms with van der Waals surface area (Å²) in [6, 6.07) is 4.21. The number of nitrogens with one attached hydrogen (secondary N) is 1. The number of carbonyl (C=O) groups excluding carboxylic acids is 1. The Balaban J connectivity index is 1.77. The first-order valence-electron chi connectivity index (χ1n) is 7.51. The van der Waals surface area contributed by atoms with Crippen LogP contribution in [-0.4, -0.2) is 44.0 Å². The number of hydrogen-bond acceptors (Lipinski definition) is 4. The molecular weight excluding hydrogens is 280 g/mol. The number of fused-ring (bicyclic) bond motifs is 1. The van der Waals surface area contributed by atoms with Crippen LogP contribution in [0.5, 0.6) is 0 Å². The molecule has 1 N–H and O–H groups in total. The van der Waals surface area contributed by atoms with Crippen molar-refractivity contribution in [3.05, 3.63) is 35.4 Å². The second-order valence-electron chi connectivity index (χ2n) is 5.87. The third-order valence-corrected chi connectivity index (χ3v) is 4.14. The summed E-state index contributed by atoms with van der Waals surface area (Å²) in [4.78, 5) is 14.1. The van der Waals surface area contributed by atoms with Gasteiger partial charge in [-0.15, -0.1) is 0 Å². The van der Waals surface area contributed by atoms with E-state index in [-0.39, 0.29) is 11.9 Å². The van der Waals surface area contributed by atoms with Crippen molar-refractivity contribution in [2.75, 3.05) is 13.6 Å². The molecule has 22 heavy (non-hydrogen) atoms. The predicted octanol–water partition coefficient (Wildman–Crippen LogP) is 0.618. The summed E-state index contributed by atoms with van der Waals surface area (Å²) in [5.41, 5.74) is 3.37. The second-order valence-corrected chi connectivity index (χ2v) is 5.87. The molecule has 0 bridgehead atoms. The number of aromatic nitrogens is 4. The summed E-state index contributed by atoms with van der Waals surface area (Å²) in [7, 11) is 3.64. The van der Waals surface area contributed by atoms with Crippen LogP contribution < -0.4 is 5.32 Å². The van der Waals surface area contributed by atoms with Crippen LogP contribution in [0.2, 0.25) is 0 Å². The van der Waals surface area contributed by atoms with E-state index in [1.165, 1.54) is 5.69 Å². The Kier molecular flexibility index (Phi) is 3.98. The summed E-state index contributed by atoms with van der Waals surface area (Å²) in [5, 5.41) is 11.5. The molecule has 1 amide bonds. The van der Waals surface area contributed by atoms with Crippen LogP contribution in [0.1, 0.15) is 29.5 Å². The smallest absolute Gasteiger partial charge is 0.221 e. The lowest BCUT2D eigenvalue weighted by Crippen LogP contribution is -2.39. The standard InChI is InChI=1S/C15H22N6O/c1-11-6-13(19(3)18-11)9-20-8-12-4-5-17-21(12)14(10-20)7-15(22)16-2/h4-6,14H,7-10H2,1-3H3,(H,16,22)/t14-/m1/s1. The lowest BCUT2D eigenvalue weighted by Gasteiger charge is -2.33. The second kappa shape index (κ2) is 5.92. The molecule has 3 heterocycles. The molecular formula is C15H22N6O. The quantitative estimate of drug-likeness (QED) is 0.899. The molecule has 0 spiro atoms. The normalized spacial score (nSPS) is 18.2. The van der Waals surface area contributed by atoms with Crippen LogP contribution in [-0.2, 0) is 24.9 Å². The molecule has 0 radical (unpaired) electrons. The van der Waals surface area contributed by atoms with Crippen LogP contribution in [0.4, 0.5) is 0 Å². The molecule has 118 valence electrons. The van der Waals surface area contributed by atoms with Crippen molar-refractivity contribution in [3.63, 3.8) is 0 Å². The number of rotatable bonds is 4. The maximum Gasteiger partial charge on any atom is 0.221 e. The summed E-state index contributed by atoms with van der Waals surface area (Å²) in [5.74, 6) is 0.0460. The van der Waals surface area contributed by atoms with Crippen molar-refractivity contribution in [1.82, 2.24) is 29.8 Å². The maximum atomic E-state index is 11.7. The fourth-order valence-electron chi connectivity index (χ4n) is 3.09. The number of aryl methyl sites for hydroxylation is 2. The Labute approximate surface area is 129 Å². The van der Waals surface area contributed by atoms with Crippen molar-refractivity contribution in [1.29, 1.82) is 0 Å². The van der Waals surface area contributed by atoms with E-state index >= 15 is 0 Å². The van der Waals surface area contributed by atoms with Gasteiger partial charge in [-0.1, -0.05) is 0 Å². The van der Waals surface area contributed by atoms with Gasteiger partial charge in [-0.05, 0) is 19.1 Å². The van der Waals surface area contributed by atoms with Crippen LogP contribution in [0.3, 0.4) is 0 Å². The zero-order chi connectivity index (χ0) is 15.7. The highest BCUT2D eigenvalue weighted by atomic mass is 16.1. The van der Waals surface area contributed by atoms with Gasteiger partial charge in [0.25, 0.3) is 0 Å². The molecule has 1 aliphatic heterocycles. The Hall–Kier alpha value is -2.15. The lowest BCUT2D eigenvalue weighted by atomic mass is 10.1. The molecule has 0 unspecified atom stereocenters. The summed E-state index contributed by atoms with van der Waals surface area (Å²) >= 11 is 0. The van der Waals surface area contributed by atoms with Crippen molar-refractivity contribution < 1.29 is 4.79 Å². The summed E-state index contributed by atoms with van der Waals surface area (Å²) in [6.07, 6.45) is 2.26. The minimum Gasteiger partial charge on any atom is -0.359 e. The summed E-state index contributed by atoms with van der Waals surface area (Å²) < 4.78 is 3.91. The van der Waals surface area contributed by atoms with Gasteiger partial charge in [0.1, 0.15) is 0 Å². The van der Waals surface area contributed by atoms with Gasteiger partial charge in [0, 0.05) is 39.9 Å². The Morgan fingerprint density at radius 2 is 2.32 bits per heavy atom. The molecule has 7 nitrogen and oxygen atoms in total. The largest absolute Gasteiger partial charge is 0.359 e. The zero-order valence-corrected chi connectivity index (χ0v) is 13.3. The van der Waals surface area contributed by atoms with E-state index in [1.54, 1.807) is 7.05 Å². The van der Waals surface area contributed by atoms with E-state index in [1.807, 2.05) is 35.6 Å². The van der Waals surface area contributed by atoms with Crippen molar-refractivity contribution in [2.24, 2.45) is 7.05 Å². The van der Waals surface area contributed by atoms with Crippen LogP contribution in [0, 0.1) is 6.92 Å². The molecule has 3 rings (SSSR count). The van der Waals surface area contributed by atoms with E-state index < -0.39 is 0 Å².